The average molecular weight is 383 g/mol. The van der Waals surface area contributed by atoms with Gasteiger partial charge in [0, 0.05) is 6.04 Å². The zero-order chi connectivity index (χ0) is 19.8. The molecule has 1 aliphatic heterocycles. The first-order valence-corrected chi connectivity index (χ1v) is 9.69. The average Bonchev–Trinajstić information content (AvgIpc) is 2.73. The van der Waals surface area contributed by atoms with E-state index in [-0.39, 0.29) is 12.1 Å². The van der Waals surface area contributed by atoms with Crippen LogP contribution in [0.2, 0.25) is 0 Å². The van der Waals surface area contributed by atoms with Crippen LogP contribution in [0, 0.1) is 0 Å². The lowest BCUT2D eigenvalue weighted by Gasteiger charge is -2.43. The fourth-order valence-corrected chi connectivity index (χ4v) is 3.51. The minimum atomic E-state index is -0.879. The van der Waals surface area contributed by atoms with Gasteiger partial charge in [0.2, 0.25) is 0 Å². The molecular formula is C23H29NO4. The summed E-state index contributed by atoms with van der Waals surface area (Å²) in [5.41, 5.74) is 2.07. The first kappa shape index (κ1) is 20.7. The first-order valence-electron chi connectivity index (χ1n) is 9.69. The van der Waals surface area contributed by atoms with E-state index in [1.54, 1.807) is 6.08 Å². The molecular weight excluding hydrogens is 354 g/mol. The van der Waals surface area contributed by atoms with E-state index in [0.717, 1.165) is 11.1 Å². The normalized spacial score (nSPS) is 27.4. The van der Waals surface area contributed by atoms with Crippen LogP contribution in [-0.2, 0) is 22.7 Å². The summed E-state index contributed by atoms with van der Waals surface area (Å²) in [5.74, 6) is 0. The predicted octanol–water partition coefficient (Wildman–Crippen LogP) is 2.43. The Hall–Kier alpha value is -2.02. The van der Waals surface area contributed by atoms with Crippen molar-refractivity contribution in [3.8, 4) is 0 Å². The minimum Gasteiger partial charge on any atom is -0.389 e. The predicted molar refractivity (Wildman–Crippen MR) is 109 cm³/mol. The van der Waals surface area contributed by atoms with Crippen LogP contribution in [0.4, 0.5) is 0 Å². The van der Waals surface area contributed by atoms with Crippen molar-refractivity contribution in [2.24, 2.45) is 0 Å². The van der Waals surface area contributed by atoms with Crippen LogP contribution >= 0.6 is 0 Å². The molecule has 0 aromatic heterocycles. The lowest BCUT2D eigenvalue weighted by Crippen LogP contribution is -2.66. The Labute approximate surface area is 166 Å². The summed E-state index contributed by atoms with van der Waals surface area (Å²) < 4.78 is 11.8. The van der Waals surface area contributed by atoms with Gasteiger partial charge in [-0.25, -0.2) is 0 Å². The fourth-order valence-electron chi connectivity index (χ4n) is 3.51. The zero-order valence-electron chi connectivity index (χ0n) is 16.0. The topological polar surface area (TPSA) is 71.0 Å². The summed E-state index contributed by atoms with van der Waals surface area (Å²) in [7, 11) is 0. The van der Waals surface area contributed by atoms with E-state index in [0.29, 0.717) is 26.2 Å². The Kier molecular flexibility index (Phi) is 7.77. The van der Waals surface area contributed by atoms with Gasteiger partial charge in [0.05, 0.1) is 32.0 Å². The summed E-state index contributed by atoms with van der Waals surface area (Å²) in [6.45, 7) is 4.89. The van der Waals surface area contributed by atoms with E-state index in [1.807, 2.05) is 60.7 Å². The smallest absolute Gasteiger partial charge is 0.113 e. The summed E-state index contributed by atoms with van der Waals surface area (Å²) in [4.78, 5) is 0. The molecule has 0 saturated carbocycles. The third-order valence-corrected chi connectivity index (χ3v) is 5.04. The number of aliphatic hydroxyl groups excluding tert-OH is 2. The van der Waals surface area contributed by atoms with Crippen LogP contribution in [0.5, 0.6) is 0 Å². The molecule has 0 spiro atoms. The molecule has 1 fully saturated rings. The van der Waals surface area contributed by atoms with E-state index >= 15 is 0 Å². The van der Waals surface area contributed by atoms with E-state index in [1.165, 1.54) is 0 Å². The van der Waals surface area contributed by atoms with Crippen molar-refractivity contribution in [3.05, 3.63) is 84.4 Å². The zero-order valence-corrected chi connectivity index (χ0v) is 16.0. The van der Waals surface area contributed by atoms with Crippen molar-refractivity contribution in [1.29, 1.82) is 0 Å². The van der Waals surface area contributed by atoms with E-state index < -0.39 is 18.3 Å². The monoisotopic (exact) mass is 383 g/mol. The van der Waals surface area contributed by atoms with Gasteiger partial charge in [-0.15, -0.1) is 6.58 Å². The molecule has 150 valence electrons. The molecule has 1 saturated heterocycles. The summed E-state index contributed by atoms with van der Waals surface area (Å²) in [6, 6.07) is 19.1. The van der Waals surface area contributed by atoms with Gasteiger partial charge < -0.3 is 25.0 Å². The number of aliphatic hydroxyl groups is 2. The maximum Gasteiger partial charge on any atom is 0.113 e. The highest BCUT2D eigenvalue weighted by Gasteiger charge is 2.43. The highest BCUT2D eigenvalue weighted by molar-refractivity contribution is 5.14. The number of ether oxygens (including phenoxy) is 2. The molecule has 3 unspecified atom stereocenters. The summed E-state index contributed by atoms with van der Waals surface area (Å²) in [5, 5.41) is 24.8. The Morgan fingerprint density at radius 2 is 1.43 bits per heavy atom. The maximum atomic E-state index is 10.8. The van der Waals surface area contributed by atoms with E-state index in [2.05, 4.69) is 11.9 Å². The second-order valence-electron chi connectivity index (χ2n) is 7.15. The van der Waals surface area contributed by atoms with Crippen LogP contribution < -0.4 is 5.32 Å². The van der Waals surface area contributed by atoms with Gasteiger partial charge in [-0.1, -0.05) is 66.7 Å². The second kappa shape index (κ2) is 10.5. The van der Waals surface area contributed by atoms with Gasteiger partial charge in [-0.3, -0.25) is 0 Å². The number of piperidine rings is 1. The molecule has 0 radical (unpaired) electrons. The Morgan fingerprint density at radius 1 is 0.857 bits per heavy atom. The third-order valence-electron chi connectivity index (χ3n) is 5.04. The molecule has 0 amide bonds. The highest BCUT2D eigenvalue weighted by Crippen LogP contribution is 2.22. The molecule has 3 N–H and O–H groups in total. The summed E-state index contributed by atoms with van der Waals surface area (Å²) >= 11 is 0. The number of benzene rings is 2. The van der Waals surface area contributed by atoms with Crippen molar-refractivity contribution >= 4 is 0 Å². The third kappa shape index (κ3) is 5.50. The molecule has 3 rings (SSSR count). The maximum absolute atomic E-state index is 10.8. The molecule has 0 bridgehead atoms. The standard InChI is InChI=1S/C23H29NO4/c1-2-9-19-21(25)23(28-15-18-12-7-4-8-13-18)22(26)20(24-19)16-27-14-17-10-5-3-6-11-17/h2-8,10-13,19-26H,1,9,14-16H2/t19-,20?,21?,22-,23?/m1/s1. The molecule has 0 aliphatic carbocycles. The van der Waals surface area contributed by atoms with Crippen LogP contribution in [0.3, 0.4) is 0 Å². The quantitative estimate of drug-likeness (QED) is 0.580. The van der Waals surface area contributed by atoms with Gasteiger partial charge in [0.15, 0.2) is 0 Å². The second-order valence-corrected chi connectivity index (χ2v) is 7.15. The molecule has 5 heteroatoms. The number of rotatable bonds is 9. The highest BCUT2D eigenvalue weighted by atomic mass is 16.5. The van der Waals surface area contributed by atoms with E-state index in [9.17, 15) is 10.2 Å². The van der Waals surface area contributed by atoms with Crippen molar-refractivity contribution < 1.29 is 19.7 Å². The SMILES string of the molecule is C=CC[C@H]1NC(COCc2ccccc2)[C@@H](O)C(OCc2ccccc2)C1O. The first-order chi connectivity index (χ1) is 13.7. The van der Waals surface area contributed by atoms with Gasteiger partial charge in [0.1, 0.15) is 12.2 Å². The molecule has 1 heterocycles. The van der Waals surface area contributed by atoms with Crippen molar-refractivity contribution in [3.63, 3.8) is 0 Å². The van der Waals surface area contributed by atoms with Crippen molar-refractivity contribution in [1.82, 2.24) is 5.32 Å². The lowest BCUT2D eigenvalue weighted by molar-refractivity contribution is -0.155. The van der Waals surface area contributed by atoms with Gasteiger partial charge in [0.25, 0.3) is 0 Å². The van der Waals surface area contributed by atoms with Crippen LogP contribution in [0.15, 0.2) is 73.3 Å². The number of hydrogen-bond donors (Lipinski definition) is 3. The number of hydrogen-bond acceptors (Lipinski definition) is 5. The van der Waals surface area contributed by atoms with Gasteiger partial charge >= 0.3 is 0 Å². The van der Waals surface area contributed by atoms with Gasteiger partial charge in [-0.05, 0) is 17.5 Å². The fraction of sp³-hybridized carbons (Fsp3) is 0.391. The molecule has 1 aliphatic rings. The molecule has 5 atom stereocenters. The molecule has 28 heavy (non-hydrogen) atoms. The largest absolute Gasteiger partial charge is 0.389 e. The minimum absolute atomic E-state index is 0.244. The summed E-state index contributed by atoms with van der Waals surface area (Å²) in [6.07, 6.45) is -0.0717. The lowest BCUT2D eigenvalue weighted by atomic mass is 9.88. The van der Waals surface area contributed by atoms with Crippen LogP contribution in [0.1, 0.15) is 17.5 Å². The molecule has 2 aromatic carbocycles. The Balaban J connectivity index is 1.61. The van der Waals surface area contributed by atoms with Crippen molar-refractivity contribution in [2.75, 3.05) is 6.61 Å². The van der Waals surface area contributed by atoms with E-state index in [4.69, 9.17) is 9.47 Å². The molecule has 5 nitrogen and oxygen atoms in total. The van der Waals surface area contributed by atoms with Crippen LogP contribution in [-0.4, -0.2) is 47.2 Å². The Bertz CT molecular complexity index is 709. The Morgan fingerprint density at radius 3 is 2.04 bits per heavy atom. The van der Waals surface area contributed by atoms with Crippen LogP contribution in [0.25, 0.3) is 0 Å². The number of nitrogens with one attached hydrogen (secondary N) is 1. The van der Waals surface area contributed by atoms with Crippen molar-refractivity contribution in [2.45, 2.75) is 50.0 Å². The van der Waals surface area contributed by atoms with Gasteiger partial charge in [-0.2, -0.15) is 0 Å². The molecule has 2 aromatic rings.